The van der Waals surface area contributed by atoms with E-state index in [4.69, 9.17) is 4.74 Å². The van der Waals surface area contributed by atoms with Gasteiger partial charge in [-0.3, -0.25) is 9.69 Å². The number of ether oxygens (including phenoxy) is 1. The van der Waals surface area contributed by atoms with Crippen LogP contribution >= 0.6 is 0 Å². The number of rotatable bonds is 6. The fourth-order valence-corrected chi connectivity index (χ4v) is 2.19. The summed E-state index contributed by atoms with van der Waals surface area (Å²) in [5.41, 5.74) is 0. The maximum absolute atomic E-state index is 11.4. The first-order valence-corrected chi connectivity index (χ1v) is 6.79. The second kappa shape index (κ2) is 7.67. The first-order valence-electron chi connectivity index (χ1n) is 6.79. The van der Waals surface area contributed by atoms with Gasteiger partial charge in [-0.25, -0.2) is 0 Å². The van der Waals surface area contributed by atoms with Gasteiger partial charge in [0.15, 0.2) is 0 Å². The highest BCUT2D eigenvalue weighted by atomic mass is 16.5. The Hall–Kier alpha value is -0.610. The predicted octanol–water partition coefficient (Wildman–Crippen LogP) is 1.40. The summed E-state index contributed by atoms with van der Waals surface area (Å²) in [5, 5.41) is 3.25. The summed E-state index contributed by atoms with van der Waals surface area (Å²) in [6.07, 6.45) is 3.96. The largest absolute Gasteiger partial charge is 0.465 e. The van der Waals surface area contributed by atoms with E-state index in [1.807, 2.05) is 13.8 Å². The van der Waals surface area contributed by atoms with Crippen LogP contribution in [0.2, 0.25) is 0 Å². The van der Waals surface area contributed by atoms with Gasteiger partial charge >= 0.3 is 5.97 Å². The molecule has 1 fully saturated rings. The SMILES string of the molecule is CCOC(=O)C(C)NCC(C)N1CCCCC1. The Kier molecular flexibility index (Phi) is 6.52. The lowest BCUT2D eigenvalue weighted by molar-refractivity contribution is -0.145. The van der Waals surface area contributed by atoms with E-state index in [9.17, 15) is 4.79 Å². The highest BCUT2D eigenvalue weighted by Crippen LogP contribution is 2.11. The second-order valence-electron chi connectivity index (χ2n) is 4.83. The number of esters is 1. The maximum atomic E-state index is 11.4. The summed E-state index contributed by atoms with van der Waals surface area (Å²) in [6.45, 7) is 9.60. The Morgan fingerprint density at radius 2 is 1.94 bits per heavy atom. The van der Waals surface area contributed by atoms with Crippen LogP contribution in [0.1, 0.15) is 40.0 Å². The van der Waals surface area contributed by atoms with Gasteiger partial charge in [-0.05, 0) is 46.7 Å². The molecular formula is C13H26N2O2. The van der Waals surface area contributed by atoms with Crippen LogP contribution in [0.15, 0.2) is 0 Å². The lowest BCUT2D eigenvalue weighted by Gasteiger charge is -2.32. The van der Waals surface area contributed by atoms with Crippen molar-refractivity contribution in [1.29, 1.82) is 0 Å². The molecule has 1 heterocycles. The highest BCUT2D eigenvalue weighted by Gasteiger charge is 2.19. The summed E-state index contributed by atoms with van der Waals surface area (Å²) < 4.78 is 4.97. The van der Waals surface area contributed by atoms with Gasteiger partial charge in [-0.1, -0.05) is 6.42 Å². The van der Waals surface area contributed by atoms with Crippen molar-refractivity contribution in [3.8, 4) is 0 Å². The second-order valence-corrected chi connectivity index (χ2v) is 4.83. The minimum absolute atomic E-state index is 0.154. The summed E-state index contributed by atoms with van der Waals surface area (Å²) in [7, 11) is 0. The number of carbonyl (C=O) groups is 1. The van der Waals surface area contributed by atoms with E-state index in [-0.39, 0.29) is 12.0 Å². The summed E-state index contributed by atoms with van der Waals surface area (Å²) in [6, 6.07) is 0.286. The molecule has 17 heavy (non-hydrogen) atoms. The van der Waals surface area contributed by atoms with Crippen molar-refractivity contribution in [3.63, 3.8) is 0 Å². The van der Waals surface area contributed by atoms with E-state index in [1.54, 1.807) is 0 Å². The number of piperidine rings is 1. The smallest absolute Gasteiger partial charge is 0.322 e. The number of nitrogens with one attached hydrogen (secondary N) is 1. The number of nitrogens with zero attached hydrogens (tertiary/aromatic N) is 1. The van der Waals surface area contributed by atoms with Gasteiger partial charge in [0.1, 0.15) is 6.04 Å². The molecule has 0 aromatic heterocycles. The van der Waals surface area contributed by atoms with Crippen LogP contribution in [0, 0.1) is 0 Å². The van der Waals surface area contributed by atoms with Gasteiger partial charge in [-0.2, -0.15) is 0 Å². The Morgan fingerprint density at radius 3 is 2.53 bits per heavy atom. The summed E-state index contributed by atoms with van der Waals surface area (Å²) in [5.74, 6) is -0.154. The highest BCUT2D eigenvalue weighted by molar-refractivity contribution is 5.75. The van der Waals surface area contributed by atoms with Crippen LogP contribution < -0.4 is 5.32 Å². The molecule has 1 aliphatic rings. The van der Waals surface area contributed by atoms with Crippen LogP contribution in [0.25, 0.3) is 0 Å². The molecule has 1 rings (SSSR count). The van der Waals surface area contributed by atoms with Crippen LogP contribution in [-0.4, -0.2) is 49.2 Å². The van der Waals surface area contributed by atoms with Gasteiger partial charge in [0, 0.05) is 12.6 Å². The fraction of sp³-hybridized carbons (Fsp3) is 0.923. The first kappa shape index (κ1) is 14.5. The number of hydrogen-bond acceptors (Lipinski definition) is 4. The molecule has 1 aliphatic heterocycles. The van der Waals surface area contributed by atoms with Crippen molar-refractivity contribution in [1.82, 2.24) is 10.2 Å². The summed E-state index contributed by atoms with van der Waals surface area (Å²) in [4.78, 5) is 13.9. The molecule has 0 amide bonds. The molecule has 2 unspecified atom stereocenters. The van der Waals surface area contributed by atoms with Gasteiger partial charge in [-0.15, -0.1) is 0 Å². The molecule has 0 bridgehead atoms. The lowest BCUT2D eigenvalue weighted by atomic mass is 10.1. The first-order chi connectivity index (χ1) is 8.15. The van der Waals surface area contributed by atoms with Crippen LogP contribution in [0.5, 0.6) is 0 Å². The number of carbonyl (C=O) groups excluding carboxylic acids is 1. The van der Waals surface area contributed by atoms with Crippen molar-refractivity contribution in [2.75, 3.05) is 26.2 Å². The maximum Gasteiger partial charge on any atom is 0.322 e. The zero-order valence-corrected chi connectivity index (χ0v) is 11.4. The van der Waals surface area contributed by atoms with Crippen molar-refractivity contribution in [2.24, 2.45) is 0 Å². The van der Waals surface area contributed by atoms with Crippen molar-refractivity contribution in [2.45, 2.75) is 52.1 Å². The minimum Gasteiger partial charge on any atom is -0.465 e. The lowest BCUT2D eigenvalue weighted by Crippen LogP contribution is -2.46. The number of likely N-dealkylation sites (tertiary alicyclic amines) is 1. The van der Waals surface area contributed by atoms with E-state index < -0.39 is 0 Å². The third-order valence-electron chi connectivity index (χ3n) is 3.37. The van der Waals surface area contributed by atoms with Crippen molar-refractivity contribution in [3.05, 3.63) is 0 Å². The molecular weight excluding hydrogens is 216 g/mol. The van der Waals surface area contributed by atoms with Gasteiger partial charge in [0.05, 0.1) is 6.61 Å². The molecule has 4 heteroatoms. The molecule has 0 aromatic rings. The quantitative estimate of drug-likeness (QED) is 0.715. The molecule has 0 radical (unpaired) electrons. The van der Waals surface area contributed by atoms with Gasteiger partial charge in [0.2, 0.25) is 0 Å². The third-order valence-corrected chi connectivity index (χ3v) is 3.37. The van der Waals surface area contributed by atoms with E-state index in [1.165, 1.54) is 32.4 Å². The average molecular weight is 242 g/mol. The molecule has 1 N–H and O–H groups in total. The van der Waals surface area contributed by atoms with Crippen molar-refractivity contribution >= 4 is 5.97 Å². The zero-order chi connectivity index (χ0) is 12.7. The Bertz CT molecular complexity index is 227. The third kappa shape index (κ3) is 5.04. The topological polar surface area (TPSA) is 41.6 Å². The van der Waals surface area contributed by atoms with Crippen molar-refractivity contribution < 1.29 is 9.53 Å². The molecule has 0 aromatic carbocycles. The molecule has 0 aliphatic carbocycles. The average Bonchev–Trinajstić information content (AvgIpc) is 2.36. The van der Waals surface area contributed by atoms with E-state index in [0.29, 0.717) is 12.6 Å². The predicted molar refractivity (Wildman–Crippen MR) is 69.0 cm³/mol. The summed E-state index contributed by atoms with van der Waals surface area (Å²) >= 11 is 0. The Labute approximate surface area is 105 Å². The van der Waals surface area contributed by atoms with Gasteiger partial charge < -0.3 is 10.1 Å². The molecule has 2 atom stereocenters. The molecule has 100 valence electrons. The molecule has 4 nitrogen and oxygen atoms in total. The van der Waals surface area contributed by atoms with Crippen LogP contribution in [-0.2, 0) is 9.53 Å². The van der Waals surface area contributed by atoms with Crippen LogP contribution in [0.3, 0.4) is 0 Å². The monoisotopic (exact) mass is 242 g/mol. The van der Waals surface area contributed by atoms with E-state index in [0.717, 1.165) is 6.54 Å². The van der Waals surface area contributed by atoms with E-state index in [2.05, 4.69) is 17.1 Å². The molecule has 0 saturated carbocycles. The molecule has 0 spiro atoms. The Balaban J connectivity index is 2.22. The normalized spacial score (nSPS) is 20.9. The van der Waals surface area contributed by atoms with Gasteiger partial charge in [0.25, 0.3) is 0 Å². The van der Waals surface area contributed by atoms with Crippen LogP contribution in [0.4, 0.5) is 0 Å². The zero-order valence-electron chi connectivity index (χ0n) is 11.4. The van der Waals surface area contributed by atoms with E-state index >= 15 is 0 Å². The minimum atomic E-state index is -0.206. The standard InChI is InChI=1S/C13H26N2O2/c1-4-17-13(16)12(3)14-10-11(2)15-8-6-5-7-9-15/h11-12,14H,4-10H2,1-3H3. The Morgan fingerprint density at radius 1 is 1.29 bits per heavy atom. The molecule has 1 saturated heterocycles. The fourth-order valence-electron chi connectivity index (χ4n) is 2.19. The number of hydrogen-bond donors (Lipinski definition) is 1.